The molecule has 0 aliphatic heterocycles. The van der Waals surface area contributed by atoms with Crippen molar-refractivity contribution < 1.29 is 9.53 Å². The van der Waals surface area contributed by atoms with Crippen LogP contribution in [0.1, 0.15) is 35.6 Å². The van der Waals surface area contributed by atoms with Crippen molar-refractivity contribution in [3.63, 3.8) is 0 Å². The van der Waals surface area contributed by atoms with Gasteiger partial charge in [-0.2, -0.15) is 10.4 Å². The molecule has 0 spiro atoms. The molecule has 3 heterocycles. The summed E-state index contributed by atoms with van der Waals surface area (Å²) in [5.41, 5.74) is 4.92. The first-order valence-electron chi connectivity index (χ1n) is 10.2. The van der Waals surface area contributed by atoms with Crippen molar-refractivity contribution in [2.45, 2.75) is 26.9 Å². The maximum absolute atomic E-state index is 12.6. The van der Waals surface area contributed by atoms with Crippen molar-refractivity contribution in [3.05, 3.63) is 65.6 Å². The Kier molecular flexibility index (Phi) is 5.56. The number of nitriles is 1. The second kappa shape index (κ2) is 8.47. The number of ether oxygens (including phenoxy) is 1. The summed E-state index contributed by atoms with van der Waals surface area (Å²) in [6, 6.07) is 14.8. The van der Waals surface area contributed by atoms with E-state index in [0.29, 0.717) is 28.4 Å². The van der Waals surface area contributed by atoms with Crippen LogP contribution in [0.5, 0.6) is 0 Å². The van der Waals surface area contributed by atoms with E-state index < -0.39 is 5.97 Å². The molecule has 0 atom stereocenters. The highest BCUT2D eigenvalue weighted by Gasteiger charge is 2.21. The molecule has 1 N–H and O–H groups in total. The van der Waals surface area contributed by atoms with Gasteiger partial charge in [0.15, 0.2) is 5.65 Å². The van der Waals surface area contributed by atoms with Gasteiger partial charge >= 0.3 is 5.97 Å². The SMILES string of the molecule is CNc1ccn2nc(-c3cccc(C#N)c3)c(-c3cc(C)nc(C(=O)OC(C)C)c3)c2n1. The van der Waals surface area contributed by atoms with Gasteiger partial charge in [-0.1, -0.05) is 12.1 Å². The van der Waals surface area contributed by atoms with Gasteiger partial charge in [0.2, 0.25) is 0 Å². The molecule has 0 aliphatic rings. The Hall–Kier alpha value is -4.25. The maximum Gasteiger partial charge on any atom is 0.357 e. The second-order valence-electron chi connectivity index (χ2n) is 7.58. The number of nitrogens with zero attached hydrogens (tertiary/aromatic N) is 5. The Balaban J connectivity index is 1.99. The smallest absolute Gasteiger partial charge is 0.357 e. The summed E-state index contributed by atoms with van der Waals surface area (Å²) in [5, 5.41) is 17.1. The number of carbonyl (C=O) groups is 1. The molecule has 4 aromatic rings. The van der Waals surface area contributed by atoms with Gasteiger partial charge in [0.05, 0.1) is 23.3 Å². The number of rotatable bonds is 5. The molecule has 0 fully saturated rings. The fourth-order valence-electron chi connectivity index (χ4n) is 3.46. The Bertz CT molecular complexity index is 1370. The van der Waals surface area contributed by atoms with E-state index in [0.717, 1.165) is 16.7 Å². The Labute approximate surface area is 185 Å². The van der Waals surface area contributed by atoms with Crippen LogP contribution in [-0.2, 0) is 4.74 Å². The molecule has 160 valence electrons. The lowest BCUT2D eigenvalue weighted by molar-refractivity contribution is 0.0370. The van der Waals surface area contributed by atoms with Crippen molar-refractivity contribution in [1.29, 1.82) is 5.26 Å². The van der Waals surface area contributed by atoms with E-state index in [1.165, 1.54) is 0 Å². The molecule has 0 saturated carbocycles. The van der Waals surface area contributed by atoms with E-state index >= 15 is 0 Å². The van der Waals surface area contributed by atoms with Gasteiger partial charge in [-0.05, 0) is 56.7 Å². The fourth-order valence-corrected chi connectivity index (χ4v) is 3.46. The van der Waals surface area contributed by atoms with Crippen molar-refractivity contribution in [2.24, 2.45) is 0 Å². The minimum atomic E-state index is -0.488. The molecule has 0 unspecified atom stereocenters. The number of fused-ring (bicyclic) bond motifs is 1. The van der Waals surface area contributed by atoms with E-state index in [-0.39, 0.29) is 11.8 Å². The molecule has 0 saturated heterocycles. The number of nitrogens with one attached hydrogen (secondary N) is 1. The number of hydrogen-bond donors (Lipinski definition) is 1. The first kappa shape index (κ1) is 21.0. The average molecular weight is 426 g/mol. The normalized spacial score (nSPS) is 10.9. The lowest BCUT2D eigenvalue weighted by atomic mass is 9.99. The Morgan fingerprint density at radius 2 is 1.97 bits per heavy atom. The van der Waals surface area contributed by atoms with Crippen LogP contribution in [0.15, 0.2) is 48.7 Å². The molecule has 0 radical (unpaired) electrons. The zero-order valence-corrected chi connectivity index (χ0v) is 18.2. The van der Waals surface area contributed by atoms with E-state index in [2.05, 4.69) is 16.4 Å². The summed E-state index contributed by atoms with van der Waals surface area (Å²) >= 11 is 0. The number of anilines is 1. The third-order valence-electron chi connectivity index (χ3n) is 4.80. The molecule has 3 aromatic heterocycles. The van der Waals surface area contributed by atoms with Gasteiger partial charge in [0.25, 0.3) is 0 Å². The highest BCUT2D eigenvalue weighted by Crippen LogP contribution is 2.35. The number of aromatic nitrogens is 4. The van der Waals surface area contributed by atoms with Crippen molar-refractivity contribution in [2.75, 3.05) is 12.4 Å². The third kappa shape index (κ3) is 4.01. The summed E-state index contributed by atoms with van der Waals surface area (Å²) in [6.07, 6.45) is 1.56. The minimum Gasteiger partial charge on any atom is -0.458 e. The second-order valence-corrected chi connectivity index (χ2v) is 7.58. The van der Waals surface area contributed by atoms with E-state index in [1.807, 2.05) is 37.4 Å². The number of benzene rings is 1. The van der Waals surface area contributed by atoms with Crippen LogP contribution in [0.4, 0.5) is 5.82 Å². The predicted molar refractivity (Wildman–Crippen MR) is 121 cm³/mol. The van der Waals surface area contributed by atoms with Crippen molar-refractivity contribution >= 4 is 17.4 Å². The lowest BCUT2D eigenvalue weighted by Gasteiger charge is -2.10. The predicted octanol–water partition coefficient (Wildman–Crippen LogP) is 4.25. The van der Waals surface area contributed by atoms with Crippen LogP contribution in [0.25, 0.3) is 28.0 Å². The Morgan fingerprint density at radius 3 is 2.69 bits per heavy atom. The molecule has 8 heteroatoms. The number of esters is 1. The molecular weight excluding hydrogens is 404 g/mol. The van der Waals surface area contributed by atoms with Gasteiger partial charge in [-0.25, -0.2) is 19.3 Å². The third-order valence-corrected chi connectivity index (χ3v) is 4.80. The zero-order valence-electron chi connectivity index (χ0n) is 18.2. The van der Waals surface area contributed by atoms with Crippen molar-refractivity contribution in [3.8, 4) is 28.5 Å². The summed E-state index contributed by atoms with van der Waals surface area (Å²) in [7, 11) is 1.79. The van der Waals surface area contributed by atoms with Crippen LogP contribution >= 0.6 is 0 Å². The van der Waals surface area contributed by atoms with E-state index in [1.54, 1.807) is 43.6 Å². The molecular formula is C24H22N6O2. The molecule has 8 nitrogen and oxygen atoms in total. The molecule has 4 rings (SSSR count). The van der Waals surface area contributed by atoms with Gasteiger partial charge in [-0.15, -0.1) is 0 Å². The molecule has 0 aliphatic carbocycles. The highest BCUT2D eigenvalue weighted by molar-refractivity contribution is 5.94. The summed E-state index contributed by atoms with van der Waals surface area (Å²) in [5.74, 6) is 0.194. The first-order chi connectivity index (χ1) is 15.4. The Morgan fingerprint density at radius 1 is 1.16 bits per heavy atom. The standard InChI is InChI=1S/C24H22N6O2/c1-14(2)32-24(31)19-12-18(10-15(3)27-19)21-22(17-7-5-6-16(11-17)13-25)29-30-9-8-20(26-4)28-23(21)30/h5-12,14H,1-4H3,(H,26,28). The van der Waals surface area contributed by atoms with Crippen LogP contribution in [0.3, 0.4) is 0 Å². The lowest BCUT2D eigenvalue weighted by Crippen LogP contribution is -2.13. The maximum atomic E-state index is 12.6. The summed E-state index contributed by atoms with van der Waals surface area (Å²) in [4.78, 5) is 21.6. The van der Waals surface area contributed by atoms with E-state index in [4.69, 9.17) is 14.8 Å². The average Bonchev–Trinajstić information content (AvgIpc) is 3.17. The monoisotopic (exact) mass is 426 g/mol. The molecule has 0 amide bonds. The zero-order chi connectivity index (χ0) is 22.8. The number of pyridine rings is 1. The molecule has 0 bridgehead atoms. The van der Waals surface area contributed by atoms with Gasteiger partial charge in [-0.3, -0.25) is 0 Å². The molecule has 1 aromatic carbocycles. The van der Waals surface area contributed by atoms with Crippen LogP contribution in [0.2, 0.25) is 0 Å². The minimum absolute atomic E-state index is 0.217. The largest absolute Gasteiger partial charge is 0.458 e. The van der Waals surface area contributed by atoms with Gasteiger partial charge < -0.3 is 10.1 Å². The van der Waals surface area contributed by atoms with Crippen LogP contribution in [-0.4, -0.2) is 38.7 Å². The number of aryl methyl sites for hydroxylation is 1. The number of carbonyl (C=O) groups excluding carboxylic acids is 1. The number of hydrogen-bond acceptors (Lipinski definition) is 7. The van der Waals surface area contributed by atoms with Gasteiger partial charge in [0, 0.05) is 24.5 Å². The van der Waals surface area contributed by atoms with Crippen LogP contribution < -0.4 is 5.32 Å². The summed E-state index contributed by atoms with van der Waals surface area (Å²) in [6.45, 7) is 5.41. The van der Waals surface area contributed by atoms with Crippen molar-refractivity contribution in [1.82, 2.24) is 19.6 Å². The first-order valence-corrected chi connectivity index (χ1v) is 10.2. The quantitative estimate of drug-likeness (QED) is 0.476. The summed E-state index contributed by atoms with van der Waals surface area (Å²) < 4.78 is 7.04. The van der Waals surface area contributed by atoms with E-state index in [9.17, 15) is 10.1 Å². The van der Waals surface area contributed by atoms with Gasteiger partial charge in [0.1, 0.15) is 17.2 Å². The molecule has 32 heavy (non-hydrogen) atoms. The highest BCUT2D eigenvalue weighted by atomic mass is 16.5. The van der Waals surface area contributed by atoms with Crippen LogP contribution in [0, 0.1) is 18.3 Å². The topological polar surface area (TPSA) is 105 Å². The fraction of sp³-hybridized carbons (Fsp3) is 0.208.